The lowest BCUT2D eigenvalue weighted by molar-refractivity contribution is 0.182. The Morgan fingerprint density at radius 1 is 1.14 bits per heavy atom. The lowest BCUT2D eigenvalue weighted by Gasteiger charge is -2.38. The van der Waals surface area contributed by atoms with Crippen LogP contribution in [0.2, 0.25) is 5.02 Å². The highest BCUT2D eigenvalue weighted by atomic mass is 35.5. The maximum atomic E-state index is 13.6. The van der Waals surface area contributed by atoms with Crippen molar-refractivity contribution in [3.05, 3.63) is 47.1 Å². The molecule has 35 heavy (non-hydrogen) atoms. The number of benzene rings is 1. The van der Waals surface area contributed by atoms with Crippen molar-refractivity contribution in [1.29, 1.82) is 0 Å². The summed E-state index contributed by atoms with van der Waals surface area (Å²) in [5.74, 6) is 2.37. The van der Waals surface area contributed by atoms with Crippen LogP contribution in [0.5, 0.6) is 11.8 Å². The molecule has 3 atom stereocenters. The van der Waals surface area contributed by atoms with Crippen LogP contribution in [0.4, 0.5) is 16.2 Å². The first-order valence-electron chi connectivity index (χ1n) is 12.0. The summed E-state index contributed by atoms with van der Waals surface area (Å²) in [6, 6.07) is 6.95. The molecular formula is C24H27ClFN7O2. The lowest BCUT2D eigenvalue weighted by atomic mass is 9.92. The number of anilines is 2. The van der Waals surface area contributed by atoms with Crippen LogP contribution < -0.4 is 15.0 Å². The minimum Gasteiger partial charge on any atom is -0.424 e. The number of aromatic nitrogens is 5. The molecule has 2 bridgehead atoms. The van der Waals surface area contributed by atoms with Gasteiger partial charge in [0.15, 0.2) is 0 Å². The number of fused-ring (bicyclic) bond motifs is 2. The van der Waals surface area contributed by atoms with E-state index in [0.717, 1.165) is 43.9 Å². The normalized spacial score (nSPS) is 25.7. The number of ether oxygens (including phenoxy) is 2. The van der Waals surface area contributed by atoms with E-state index < -0.39 is 5.82 Å². The number of rotatable bonds is 6. The topological polar surface area (TPSA) is 90.2 Å². The molecule has 3 aliphatic rings. The van der Waals surface area contributed by atoms with Gasteiger partial charge in [0.2, 0.25) is 5.95 Å². The standard InChI is InChI=1S/C24H27ClFN7O2/c1-14-8-21(28-13-27-14)32-10-15-2-3-16(11-32)22(15)29-23-30-24(33(31-23)17-6-7-34-12-17)35-18-4-5-20(26)19(25)9-18/h4-5,8-9,13,15-17,22H,2-3,6-7,10-12H2,1H3,(H,29,31). The van der Waals surface area contributed by atoms with Gasteiger partial charge in [-0.1, -0.05) is 11.6 Å². The van der Waals surface area contributed by atoms with E-state index in [0.29, 0.717) is 42.8 Å². The van der Waals surface area contributed by atoms with E-state index in [1.54, 1.807) is 11.0 Å². The second-order valence-electron chi connectivity index (χ2n) is 9.55. The molecule has 11 heteroatoms. The zero-order chi connectivity index (χ0) is 23.9. The van der Waals surface area contributed by atoms with Gasteiger partial charge < -0.3 is 19.7 Å². The third kappa shape index (κ3) is 4.52. The minimum absolute atomic E-state index is 0.00155. The Labute approximate surface area is 207 Å². The molecule has 1 saturated carbocycles. The van der Waals surface area contributed by atoms with E-state index in [1.165, 1.54) is 18.2 Å². The Hall–Kier alpha value is -2.98. The molecule has 2 saturated heterocycles. The number of hydrogen-bond acceptors (Lipinski definition) is 8. The molecule has 3 fully saturated rings. The molecule has 3 aromatic rings. The average Bonchev–Trinajstić information content (AvgIpc) is 3.55. The maximum absolute atomic E-state index is 13.6. The molecule has 4 heterocycles. The summed E-state index contributed by atoms with van der Waals surface area (Å²) in [5.41, 5.74) is 0.975. The minimum atomic E-state index is -0.494. The van der Waals surface area contributed by atoms with Gasteiger partial charge >= 0.3 is 6.01 Å². The van der Waals surface area contributed by atoms with Gasteiger partial charge in [0.05, 0.1) is 17.7 Å². The van der Waals surface area contributed by atoms with E-state index in [9.17, 15) is 4.39 Å². The van der Waals surface area contributed by atoms with E-state index in [1.807, 2.05) is 13.0 Å². The van der Waals surface area contributed by atoms with Gasteiger partial charge in [-0.15, -0.1) is 5.10 Å². The molecule has 0 amide bonds. The molecular weight excluding hydrogens is 473 g/mol. The van der Waals surface area contributed by atoms with Crippen molar-refractivity contribution in [3.63, 3.8) is 0 Å². The van der Waals surface area contributed by atoms with Crippen LogP contribution in [0.1, 0.15) is 31.0 Å². The van der Waals surface area contributed by atoms with Crippen molar-refractivity contribution in [2.45, 2.75) is 38.3 Å². The van der Waals surface area contributed by atoms with Gasteiger partial charge in [-0.25, -0.2) is 19.0 Å². The molecule has 1 aromatic carbocycles. The zero-order valence-corrected chi connectivity index (χ0v) is 20.2. The van der Waals surface area contributed by atoms with Crippen molar-refractivity contribution >= 4 is 23.4 Å². The van der Waals surface area contributed by atoms with Crippen molar-refractivity contribution in [2.24, 2.45) is 11.8 Å². The highest BCUT2D eigenvalue weighted by Gasteiger charge is 2.43. The Morgan fingerprint density at radius 2 is 1.97 bits per heavy atom. The quantitative estimate of drug-likeness (QED) is 0.538. The molecule has 184 valence electrons. The second-order valence-corrected chi connectivity index (χ2v) is 9.96. The van der Waals surface area contributed by atoms with Crippen LogP contribution in [-0.4, -0.2) is 57.1 Å². The van der Waals surface area contributed by atoms with E-state index >= 15 is 0 Å². The SMILES string of the molecule is Cc1cc(N2CC3CCC(C2)C3Nc2nc(Oc3ccc(F)c(Cl)c3)n(C3CCOC3)n2)ncn1. The molecule has 2 aromatic heterocycles. The molecule has 2 aliphatic heterocycles. The number of nitrogens with one attached hydrogen (secondary N) is 1. The lowest BCUT2D eigenvalue weighted by Crippen LogP contribution is -2.48. The summed E-state index contributed by atoms with van der Waals surface area (Å²) in [7, 11) is 0. The van der Waals surface area contributed by atoms with Crippen molar-refractivity contribution in [3.8, 4) is 11.8 Å². The van der Waals surface area contributed by atoms with Crippen molar-refractivity contribution < 1.29 is 13.9 Å². The fourth-order valence-electron chi connectivity index (χ4n) is 5.45. The van der Waals surface area contributed by atoms with Crippen LogP contribution in [-0.2, 0) is 4.74 Å². The Balaban J connectivity index is 1.21. The molecule has 0 radical (unpaired) electrons. The molecule has 1 N–H and O–H groups in total. The van der Waals surface area contributed by atoms with Gasteiger partial charge in [0.25, 0.3) is 0 Å². The highest BCUT2D eigenvalue weighted by molar-refractivity contribution is 6.30. The number of nitrogens with zero attached hydrogens (tertiary/aromatic N) is 6. The number of aryl methyl sites for hydroxylation is 1. The summed E-state index contributed by atoms with van der Waals surface area (Å²) in [6.45, 7) is 5.06. The van der Waals surface area contributed by atoms with Gasteiger partial charge in [0, 0.05) is 43.6 Å². The van der Waals surface area contributed by atoms with Gasteiger partial charge in [-0.05, 0) is 50.2 Å². The number of halogens is 2. The maximum Gasteiger partial charge on any atom is 0.322 e. The van der Waals surface area contributed by atoms with Gasteiger partial charge in [0.1, 0.15) is 23.7 Å². The Morgan fingerprint density at radius 3 is 2.69 bits per heavy atom. The predicted molar refractivity (Wildman–Crippen MR) is 129 cm³/mol. The third-order valence-electron chi connectivity index (χ3n) is 7.19. The molecule has 3 unspecified atom stereocenters. The summed E-state index contributed by atoms with van der Waals surface area (Å²) >= 11 is 5.94. The van der Waals surface area contributed by atoms with Crippen LogP contribution in [0.3, 0.4) is 0 Å². The summed E-state index contributed by atoms with van der Waals surface area (Å²) in [4.78, 5) is 15.7. The predicted octanol–water partition coefficient (Wildman–Crippen LogP) is 4.25. The average molecular weight is 500 g/mol. The summed E-state index contributed by atoms with van der Waals surface area (Å²) in [6.07, 6.45) is 4.76. The molecule has 6 rings (SSSR count). The first-order valence-corrected chi connectivity index (χ1v) is 12.4. The summed E-state index contributed by atoms with van der Waals surface area (Å²) < 4.78 is 26.9. The highest BCUT2D eigenvalue weighted by Crippen LogP contribution is 2.40. The van der Waals surface area contributed by atoms with E-state index in [2.05, 4.69) is 25.2 Å². The largest absolute Gasteiger partial charge is 0.424 e. The first-order chi connectivity index (χ1) is 17.0. The zero-order valence-electron chi connectivity index (χ0n) is 19.4. The fourth-order valence-corrected chi connectivity index (χ4v) is 5.62. The molecule has 0 spiro atoms. The Bertz CT molecular complexity index is 1200. The fraction of sp³-hybridized carbons (Fsp3) is 0.500. The van der Waals surface area contributed by atoms with Gasteiger partial charge in [-0.3, -0.25) is 0 Å². The smallest absolute Gasteiger partial charge is 0.322 e. The number of piperidine rings is 1. The van der Waals surface area contributed by atoms with Gasteiger partial charge in [-0.2, -0.15) is 4.98 Å². The summed E-state index contributed by atoms with van der Waals surface area (Å²) in [5, 5.41) is 8.36. The van der Waals surface area contributed by atoms with Crippen LogP contribution in [0.25, 0.3) is 0 Å². The van der Waals surface area contributed by atoms with Crippen LogP contribution in [0.15, 0.2) is 30.6 Å². The first kappa shape index (κ1) is 22.5. The van der Waals surface area contributed by atoms with Crippen LogP contribution >= 0.6 is 11.6 Å². The third-order valence-corrected chi connectivity index (χ3v) is 7.48. The van der Waals surface area contributed by atoms with Crippen LogP contribution in [0, 0.1) is 24.6 Å². The van der Waals surface area contributed by atoms with E-state index in [-0.39, 0.29) is 17.1 Å². The monoisotopic (exact) mass is 499 g/mol. The van der Waals surface area contributed by atoms with Crippen molar-refractivity contribution in [1.82, 2.24) is 24.7 Å². The molecule has 9 nitrogen and oxygen atoms in total. The molecule has 1 aliphatic carbocycles. The van der Waals surface area contributed by atoms with Crippen molar-refractivity contribution in [2.75, 3.05) is 36.5 Å². The number of hydrogen-bond donors (Lipinski definition) is 1. The van der Waals surface area contributed by atoms with E-state index in [4.69, 9.17) is 26.2 Å². The second kappa shape index (κ2) is 9.23. The Kier molecular flexibility index (Phi) is 5.93.